The Morgan fingerprint density at radius 2 is 1.96 bits per heavy atom. The van der Waals surface area contributed by atoms with Crippen LogP contribution >= 0.6 is 23.2 Å². The van der Waals surface area contributed by atoms with Crippen LogP contribution in [0.3, 0.4) is 0 Å². The van der Waals surface area contributed by atoms with Gasteiger partial charge in [-0.25, -0.2) is 0 Å². The first-order valence-corrected chi connectivity index (χ1v) is 8.27. The quantitative estimate of drug-likeness (QED) is 0.798. The molecule has 0 aliphatic rings. The number of rotatable bonds is 7. The molecule has 122 valence electrons. The Morgan fingerprint density at radius 3 is 2.70 bits per heavy atom. The molecule has 0 saturated carbocycles. The van der Waals surface area contributed by atoms with E-state index in [1.165, 1.54) is 11.1 Å². The van der Waals surface area contributed by atoms with Crippen LogP contribution in [0.2, 0.25) is 10.0 Å². The maximum Gasteiger partial charge on any atom is 0.233 e. The van der Waals surface area contributed by atoms with Crippen molar-refractivity contribution in [3.63, 3.8) is 0 Å². The monoisotopic (exact) mass is 350 g/mol. The Kier molecular flexibility index (Phi) is 6.90. The van der Waals surface area contributed by atoms with Crippen molar-refractivity contribution in [1.29, 1.82) is 0 Å². The van der Waals surface area contributed by atoms with E-state index in [-0.39, 0.29) is 5.91 Å². The summed E-state index contributed by atoms with van der Waals surface area (Å²) in [6.07, 6.45) is 0.680. The number of carbonyl (C=O) groups excluding carboxylic acids is 1. The Bertz CT molecular complexity index is 674. The summed E-state index contributed by atoms with van der Waals surface area (Å²) in [4.78, 5) is 11.8. The molecule has 0 unspecified atom stereocenters. The number of aryl methyl sites for hydroxylation is 1. The lowest BCUT2D eigenvalue weighted by Gasteiger charge is -2.08. The number of halogens is 2. The lowest BCUT2D eigenvalue weighted by atomic mass is 10.1. The lowest BCUT2D eigenvalue weighted by Crippen LogP contribution is -2.34. The molecule has 0 bridgehead atoms. The Morgan fingerprint density at radius 1 is 1.13 bits per heavy atom. The van der Waals surface area contributed by atoms with Gasteiger partial charge in [-0.15, -0.1) is 0 Å². The molecule has 0 aliphatic carbocycles. The van der Waals surface area contributed by atoms with Crippen LogP contribution in [0.4, 0.5) is 0 Å². The molecule has 2 N–H and O–H groups in total. The standard InChI is InChI=1S/C18H20Cl2N2O/c1-13-3-2-4-14(9-13)11-21-12-18(23)22-8-7-15-5-6-16(19)10-17(15)20/h2-6,9-10,21H,7-8,11-12H2,1H3,(H,22,23). The van der Waals surface area contributed by atoms with E-state index in [1.807, 2.05) is 18.2 Å². The van der Waals surface area contributed by atoms with Gasteiger partial charge in [0.2, 0.25) is 5.91 Å². The molecule has 0 spiro atoms. The zero-order valence-corrected chi connectivity index (χ0v) is 14.5. The van der Waals surface area contributed by atoms with E-state index in [0.717, 1.165) is 5.56 Å². The predicted molar refractivity (Wildman–Crippen MR) is 96.1 cm³/mol. The van der Waals surface area contributed by atoms with Gasteiger partial charge in [0.15, 0.2) is 0 Å². The van der Waals surface area contributed by atoms with Crippen LogP contribution in [-0.4, -0.2) is 19.0 Å². The van der Waals surface area contributed by atoms with Gasteiger partial charge in [0.1, 0.15) is 0 Å². The smallest absolute Gasteiger partial charge is 0.233 e. The molecule has 2 rings (SSSR count). The highest BCUT2D eigenvalue weighted by Crippen LogP contribution is 2.20. The van der Waals surface area contributed by atoms with Crippen LogP contribution in [0.15, 0.2) is 42.5 Å². The van der Waals surface area contributed by atoms with E-state index in [1.54, 1.807) is 12.1 Å². The third-order valence-electron chi connectivity index (χ3n) is 3.43. The van der Waals surface area contributed by atoms with Crippen molar-refractivity contribution in [3.8, 4) is 0 Å². The summed E-state index contributed by atoms with van der Waals surface area (Å²) in [6.45, 7) is 3.57. The molecule has 0 heterocycles. The van der Waals surface area contributed by atoms with Crippen molar-refractivity contribution in [2.75, 3.05) is 13.1 Å². The number of amides is 1. The number of nitrogens with one attached hydrogen (secondary N) is 2. The van der Waals surface area contributed by atoms with Gasteiger partial charge in [-0.3, -0.25) is 4.79 Å². The third-order valence-corrected chi connectivity index (χ3v) is 4.02. The first-order valence-electron chi connectivity index (χ1n) is 7.51. The maximum atomic E-state index is 11.8. The van der Waals surface area contributed by atoms with Crippen LogP contribution in [0.1, 0.15) is 16.7 Å². The van der Waals surface area contributed by atoms with Crippen molar-refractivity contribution < 1.29 is 4.79 Å². The van der Waals surface area contributed by atoms with Crippen molar-refractivity contribution >= 4 is 29.1 Å². The number of hydrogen-bond acceptors (Lipinski definition) is 2. The van der Waals surface area contributed by atoms with Crippen LogP contribution in [0.25, 0.3) is 0 Å². The fourth-order valence-corrected chi connectivity index (χ4v) is 2.77. The molecule has 2 aromatic rings. The Hall–Kier alpha value is -1.55. The molecule has 2 aromatic carbocycles. The summed E-state index contributed by atoms with van der Waals surface area (Å²) < 4.78 is 0. The Labute approximate surface area is 147 Å². The molecule has 0 aliphatic heterocycles. The average Bonchev–Trinajstić information content (AvgIpc) is 2.49. The van der Waals surface area contributed by atoms with E-state index in [9.17, 15) is 4.79 Å². The van der Waals surface area contributed by atoms with Crippen LogP contribution in [0, 0.1) is 6.92 Å². The highest BCUT2D eigenvalue weighted by atomic mass is 35.5. The van der Waals surface area contributed by atoms with E-state index < -0.39 is 0 Å². The molecular weight excluding hydrogens is 331 g/mol. The maximum absolute atomic E-state index is 11.8. The van der Waals surface area contributed by atoms with Gasteiger partial charge in [0, 0.05) is 23.1 Å². The first kappa shape index (κ1) is 17.8. The summed E-state index contributed by atoms with van der Waals surface area (Å²) in [5.41, 5.74) is 3.36. The van der Waals surface area contributed by atoms with Gasteiger partial charge >= 0.3 is 0 Å². The van der Waals surface area contributed by atoms with Gasteiger partial charge in [0.05, 0.1) is 6.54 Å². The van der Waals surface area contributed by atoms with Gasteiger partial charge in [0.25, 0.3) is 0 Å². The van der Waals surface area contributed by atoms with E-state index in [4.69, 9.17) is 23.2 Å². The molecule has 5 heteroatoms. The van der Waals surface area contributed by atoms with E-state index in [2.05, 4.69) is 29.7 Å². The molecule has 0 aromatic heterocycles. The topological polar surface area (TPSA) is 41.1 Å². The Balaban J connectivity index is 1.67. The summed E-state index contributed by atoms with van der Waals surface area (Å²) in [5.74, 6) is -0.0252. The molecule has 23 heavy (non-hydrogen) atoms. The summed E-state index contributed by atoms with van der Waals surface area (Å²) in [7, 11) is 0. The molecule has 0 radical (unpaired) electrons. The fourth-order valence-electron chi connectivity index (χ4n) is 2.27. The second-order valence-corrected chi connectivity index (χ2v) is 6.27. The number of hydrogen-bond donors (Lipinski definition) is 2. The fraction of sp³-hybridized carbons (Fsp3) is 0.278. The molecule has 0 atom stereocenters. The number of carbonyl (C=O) groups is 1. The third kappa shape index (κ3) is 6.22. The first-order chi connectivity index (χ1) is 11.0. The van der Waals surface area contributed by atoms with Crippen molar-refractivity contribution in [3.05, 3.63) is 69.2 Å². The van der Waals surface area contributed by atoms with Gasteiger partial charge in [-0.1, -0.05) is 59.1 Å². The lowest BCUT2D eigenvalue weighted by molar-refractivity contribution is -0.120. The largest absolute Gasteiger partial charge is 0.355 e. The normalized spacial score (nSPS) is 10.6. The van der Waals surface area contributed by atoms with E-state index in [0.29, 0.717) is 36.1 Å². The number of benzene rings is 2. The van der Waals surface area contributed by atoms with Crippen LogP contribution in [0.5, 0.6) is 0 Å². The van der Waals surface area contributed by atoms with Crippen molar-refractivity contribution in [1.82, 2.24) is 10.6 Å². The van der Waals surface area contributed by atoms with Gasteiger partial charge in [-0.05, 0) is 36.6 Å². The predicted octanol–water partition coefficient (Wildman–Crippen LogP) is 3.75. The minimum Gasteiger partial charge on any atom is -0.355 e. The van der Waals surface area contributed by atoms with Gasteiger partial charge < -0.3 is 10.6 Å². The summed E-state index contributed by atoms with van der Waals surface area (Å²) >= 11 is 12.0. The highest BCUT2D eigenvalue weighted by Gasteiger charge is 2.04. The second kappa shape index (κ2) is 8.92. The average molecular weight is 351 g/mol. The van der Waals surface area contributed by atoms with E-state index >= 15 is 0 Å². The van der Waals surface area contributed by atoms with Crippen molar-refractivity contribution in [2.24, 2.45) is 0 Å². The van der Waals surface area contributed by atoms with Crippen LogP contribution < -0.4 is 10.6 Å². The highest BCUT2D eigenvalue weighted by molar-refractivity contribution is 6.35. The van der Waals surface area contributed by atoms with Gasteiger partial charge in [-0.2, -0.15) is 0 Å². The summed E-state index contributed by atoms with van der Waals surface area (Å²) in [5, 5.41) is 7.26. The van der Waals surface area contributed by atoms with Crippen molar-refractivity contribution in [2.45, 2.75) is 19.9 Å². The molecule has 0 saturated heterocycles. The zero-order valence-electron chi connectivity index (χ0n) is 13.0. The molecule has 0 fully saturated rings. The minimum absolute atomic E-state index is 0.0252. The van der Waals surface area contributed by atoms with Crippen LogP contribution in [-0.2, 0) is 17.8 Å². The SMILES string of the molecule is Cc1cccc(CNCC(=O)NCCc2ccc(Cl)cc2Cl)c1. The molecule has 1 amide bonds. The minimum atomic E-state index is -0.0252. The second-order valence-electron chi connectivity index (χ2n) is 5.43. The molecular formula is C18H20Cl2N2O. The zero-order chi connectivity index (χ0) is 16.7. The summed E-state index contributed by atoms with van der Waals surface area (Å²) in [6, 6.07) is 13.6. The molecule has 3 nitrogen and oxygen atoms in total.